The molecule has 2 nitrogen and oxygen atoms in total. The Balaban J connectivity index is 2.73. The molecule has 1 rings (SSSR count). The first-order chi connectivity index (χ1) is 6.72. The fourth-order valence-electron chi connectivity index (χ4n) is 2.77. The van der Waals surface area contributed by atoms with Gasteiger partial charge in [-0.05, 0) is 30.1 Å². The molecule has 0 unspecified atom stereocenters. The van der Waals surface area contributed by atoms with Gasteiger partial charge in [0.05, 0.1) is 0 Å². The van der Waals surface area contributed by atoms with E-state index in [2.05, 4.69) is 27.7 Å². The van der Waals surface area contributed by atoms with Crippen molar-refractivity contribution in [1.82, 2.24) is 4.90 Å². The summed E-state index contributed by atoms with van der Waals surface area (Å²) in [6.07, 6.45) is 3.50. The number of nitrogens with zero attached hydrogens (tertiary/aromatic N) is 1. The first kappa shape index (κ1) is 12.5. The number of carbonyl (C=O) groups is 1. The van der Waals surface area contributed by atoms with E-state index < -0.39 is 0 Å². The standard InChI is InChI=1S/C13H25NO/c1-11(15)14-8-6-12(2,3)10-13(4,5)7-9-14/h6-10H2,1-5H3. The Morgan fingerprint density at radius 3 is 1.73 bits per heavy atom. The molecule has 0 aromatic carbocycles. The van der Waals surface area contributed by atoms with Crippen LogP contribution in [0.1, 0.15) is 53.9 Å². The van der Waals surface area contributed by atoms with Gasteiger partial charge in [-0.2, -0.15) is 0 Å². The first-order valence-electron chi connectivity index (χ1n) is 5.97. The molecule has 0 bridgehead atoms. The lowest BCUT2D eigenvalue weighted by Gasteiger charge is -2.40. The lowest BCUT2D eigenvalue weighted by atomic mass is 9.71. The Labute approximate surface area is 94.0 Å². The highest BCUT2D eigenvalue weighted by atomic mass is 16.2. The van der Waals surface area contributed by atoms with Gasteiger partial charge in [0.1, 0.15) is 0 Å². The van der Waals surface area contributed by atoms with Crippen LogP contribution in [0.3, 0.4) is 0 Å². The van der Waals surface area contributed by atoms with Gasteiger partial charge in [-0.25, -0.2) is 0 Å². The van der Waals surface area contributed by atoms with Crippen LogP contribution < -0.4 is 0 Å². The van der Waals surface area contributed by atoms with Crippen LogP contribution in [-0.2, 0) is 4.79 Å². The number of hydrogen-bond acceptors (Lipinski definition) is 1. The van der Waals surface area contributed by atoms with Gasteiger partial charge in [0.2, 0.25) is 5.91 Å². The summed E-state index contributed by atoms with van der Waals surface area (Å²) >= 11 is 0. The quantitative estimate of drug-likeness (QED) is 0.603. The SMILES string of the molecule is CC(=O)N1CCC(C)(C)CC(C)(C)CC1. The molecule has 0 radical (unpaired) electrons. The maximum absolute atomic E-state index is 11.4. The molecule has 0 N–H and O–H groups in total. The van der Waals surface area contributed by atoms with Crippen molar-refractivity contribution in [2.45, 2.75) is 53.9 Å². The Morgan fingerprint density at radius 1 is 1.00 bits per heavy atom. The molecule has 0 spiro atoms. The fourth-order valence-corrected chi connectivity index (χ4v) is 2.77. The summed E-state index contributed by atoms with van der Waals surface area (Å²) in [7, 11) is 0. The number of hydrogen-bond donors (Lipinski definition) is 0. The second-order valence-corrected chi connectivity index (χ2v) is 6.51. The second-order valence-electron chi connectivity index (χ2n) is 6.51. The third-order valence-corrected chi connectivity index (χ3v) is 3.52. The number of likely N-dealkylation sites (tertiary alicyclic amines) is 1. The smallest absolute Gasteiger partial charge is 0.219 e. The lowest BCUT2D eigenvalue weighted by molar-refractivity contribution is -0.130. The Hall–Kier alpha value is -0.530. The van der Waals surface area contributed by atoms with Gasteiger partial charge in [0.25, 0.3) is 0 Å². The zero-order valence-corrected chi connectivity index (χ0v) is 10.9. The van der Waals surface area contributed by atoms with E-state index in [-0.39, 0.29) is 5.91 Å². The van der Waals surface area contributed by atoms with E-state index >= 15 is 0 Å². The molecule has 0 aliphatic carbocycles. The average molecular weight is 211 g/mol. The van der Waals surface area contributed by atoms with E-state index in [1.54, 1.807) is 6.92 Å². The number of amides is 1. The van der Waals surface area contributed by atoms with Crippen LogP contribution in [0.15, 0.2) is 0 Å². The Morgan fingerprint density at radius 2 is 1.40 bits per heavy atom. The summed E-state index contributed by atoms with van der Waals surface area (Å²) in [5, 5.41) is 0. The van der Waals surface area contributed by atoms with Crippen molar-refractivity contribution in [2.75, 3.05) is 13.1 Å². The lowest BCUT2D eigenvalue weighted by Crippen LogP contribution is -2.39. The van der Waals surface area contributed by atoms with E-state index in [0.717, 1.165) is 25.9 Å². The Bertz CT molecular complexity index is 225. The van der Waals surface area contributed by atoms with E-state index in [1.807, 2.05) is 4.90 Å². The molecule has 1 aliphatic rings. The summed E-state index contributed by atoms with van der Waals surface area (Å²) in [5.74, 6) is 0.225. The van der Waals surface area contributed by atoms with Gasteiger partial charge in [0, 0.05) is 20.0 Å². The minimum absolute atomic E-state index is 0.225. The summed E-state index contributed by atoms with van der Waals surface area (Å²) in [4.78, 5) is 13.4. The van der Waals surface area contributed by atoms with E-state index in [4.69, 9.17) is 0 Å². The largest absolute Gasteiger partial charge is 0.343 e. The molecule has 2 heteroatoms. The highest BCUT2D eigenvalue weighted by molar-refractivity contribution is 5.73. The van der Waals surface area contributed by atoms with Crippen LogP contribution in [0.2, 0.25) is 0 Å². The van der Waals surface area contributed by atoms with Crippen molar-refractivity contribution < 1.29 is 4.79 Å². The fraction of sp³-hybridized carbons (Fsp3) is 0.923. The molecule has 0 atom stereocenters. The molecule has 0 aromatic heterocycles. The van der Waals surface area contributed by atoms with Crippen molar-refractivity contribution in [2.24, 2.45) is 10.8 Å². The van der Waals surface area contributed by atoms with Crippen molar-refractivity contribution in [1.29, 1.82) is 0 Å². The Kier molecular flexibility index (Phi) is 3.47. The second kappa shape index (κ2) is 4.15. The van der Waals surface area contributed by atoms with E-state index in [0.29, 0.717) is 10.8 Å². The maximum Gasteiger partial charge on any atom is 0.219 e. The molecule has 1 aliphatic heterocycles. The maximum atomic E-state index is 11.4. The number of carbonyl (C=O) groups excluding carboxylic acids is 1. The molecule has 0 aromatic rings. The molecule has 1 saturated heterocycles. The third-order valence-electron chi connectivity index (χ3n) is 3.52. The van der Waals surface area contributed by atoms with E-state index in [9.17, 15) is 4.79 Å². The van der Waals surface area contributed by atoms with Gasteiger partial charge < -0.3 is 4.90 Å². The van der Waals surface area contributed by atoms with Crippen molar-refractivity contribution in [3.8, 4) is 0 Å². The molecule has 88 valence electrons. The van der Waals surface area contributed by atoms with Gasteiger partial charge in [-0.1, -0.05) is 27.7 Å². The van der Waals surface area contributed by atoms with Crippen molar-refractivity contribution >= 4 is 5.91 Å². The van der Waals surface area contributed by atoms with Crippen LogP contribution >= 0.6 is 0 Å². The summed E-state index contributed by atoms with van der Waals surface area (Å²) in [5.41, 5.74) is 0.718. The molecular weight excluding hydrogens is 186 g/mol. The average Bonchev–Trinajstić information content (AvgIpc) is 1.98. The zero-order valence-electron chi connectivity index (χ0n) is 10.9. The van der Waals surface area contributed by atoms with Crippen LogP contribution in [0.5, 0.6) is 0 Å². The molecule has 1 amide bonds. The molecule has 0 saturated carbocycles. The molecule has 15 heavy (non-hydrogen) atoms. The zero-order chi connectivity index (χ0) is 11.7. The molecule has 1 fully saturated rings. The van der Waals surface area contributed by atoms with E-state index in [1.165, 1.54) is 6.42 Å². The third kappa shape index (κ3) is 3.84. The minimum atomic E-state index is 0.225. The van der Waals surface area contributed by atoms with Gasteiger partial charge in [-0.3, -0.25) is 4.79 Å². The highest BCUT2D eigenvalue weighted by Gasteiger charge is 2.32. The van der Waals surface area contributed by atoms with Gasteiger partial charge >= 0.3 is 0 Å². The summed E-state index contributed by atoms with van der Waals surface area (Å²) in [6, 6.07) is 0. The predicted molar refractivity (Wildman–Crippen MR) is 63.7 cm³/mol. The van der Waals surface area contributed by atoms with Crippen LogP contribution in [0.25, 0.3) is 0 Å². The summed E-state index contributed by atoms with van der Waals surface area (Å²) in [6.45, 7) is 12.8. The normalized spacial score (nSPS) is 25.5. The monoisotopic (exact) mass is 211 g/mol. The molecule has 1 heterocycles. The predicted octanol–water partition coefficient (Wildman–Crippen LogP) is 3.07. The van der Waals surface area contributed by atoms with Gasteiger partial charge in [0.15, 0.2) is 0 Å². The highest BCUT2D eigenvalue weighted by Crippen LogP contribution is 2.40. The van der Waals surface area contributed by atoms with Gasteiger partial charge in [-0.15, -0.1) is 0 Å². The van der Waals surface area contributed by atoms with Crippen LogP contribution in [0.4, 0.5) is 0 Å². The van der Waals surface area contributed by atoms with Crippen molar-refractivity contribution in [3.63, 3.8) is 0 Å². The minimum Gasteiger partial charge on any atom is -0.343 e. The number of rotatable bonds is 0. The topological polar surface area (TPSA) is 20.3 Å². The first-order valence-corrected chi connectivity index (χ1v) is 5.97. The van der Waals surface area contributed by atoms with Crippen LogP contribution in [-0.4, -0.2) is 23.9 Å². The van der Waals surface area contributed by atoms with Crippen molar-refractivity contribution in [3.05, 3.63) is 0 Å². The summed E-state index contributed by atoms with van der Waals surface area (Å²) < 4.78 is 0. The molecular formula is C13H25NO. The van der Waals surface area contributed by atoms with Crippen LogP contribution in [0, 0.1) is 10.8 Å².